The van der Waals surface area contributed by atoms with Crippen molar-refractivity contribution in [3.05, 3.63) is 42.7 Å². The fourth-order valence-corrected chi connectivity index (χ4v) is 1.61. The second kappa shape index (κ2) is 5.17. The molecular weight excluding hydrogens is 259 g/mol. The molecular formula is C13H10F3NO2. The van der Waals surface area contributed by atoms with Gasteiger partial charge in [0.1, 0.15) is 11.5 Å². The van der Waals surface area contributed by atoms with Crippen LogP contribution in [0.4, 0.5) is 13.2 Å². The van der Waals surface area contributed by atoms with Gasteiger partial charge in [0.2, 0.25) is 0 Å². The van der Waals surface area contributed by atoms with Gasteiger partial charge >= 0.3 is 6.36 Å². The molecule has 0 aliphatic rings. The number of halogens is 3. The van der Waals surface area contributed by atoms with Gasteiger partial charge in [0, 0.05) is 18.0 Å². The first kappa shape index (κ1) is 13.2. The van der Waals surface area contributed by atoms with E-state index in [0.717, 1.165) is 0 Å². The predicted molar refractivity (Wildman–Crippen MR) is 62.9 cm³/mol. The van der Waals surface area contributed by atoms with Crippen LogP contribution in [0.25, 0.3) is 11.1 Å². The summed E-state index contributed by atoms with van der Waals surface area (Å²) in [4.78, 5) is 3.96. The Bertz CT molecular complexity index is 553. The van der Waals surface area contributed by atoms with Gasteiger partial charge in [-0.3, -0.25) is 4.98 Å². The van der Waals surface area contributed by atoms with E-state index in [0.29, 0.717) is 16.9 Å². The molecule has 1 heterocycles. The maximum absolute atomic E-state index is 12.0. The number of ether oxygens (including phenoxy) is 2. The minimum Gasteiger partial charge on any atom is -0.496 e. The molecule has 0 saturated carbocycles. The van der Waals surface area contributed by atoms with E-state index in [1.54, 1.807) is 18.5 Å². The third-order valence-corrected chi connectivity index (χ3v) is 2.40. The zero-order valence-corrected chi connectivity index (χ0v) is 9.94. The number of pyridine rings is 1. The molecule has 19 heavy (non-hydrogen) atoms. The average Bonchev–Trinajstić information content (AvgIpc) is 2.38. The molecule has 0 unspecified atom stereocenters. The van der Waals surface area contributed by atoms with Crippen LogP contribution in [0.1, 0.15) is 0 Å². The summed E-state index contributed by atoms with van der Waals surface area (Å²) in [7, 11) is 1.51. The van der Waals surface area contributed by atoms with Crippen molar-refractivity contribution < 1.29 is 22.6 Å². The van der Waals surface area contributed by atoms with E-state index in [4.69, 9.17) is 4.74 Å². The minimum atomic E-state index is -4.69. The van der Waals surface area contributed by atoms with Crippen LogP contribution in [0.3, 0.4) is 0 Å². The van der Waals surface area contributed by atoms with Crippen molar-refractivity contribution in [3.8, 4) is 22.6 Å². The Balaban J connectivity index is 2.27. The highest BCUT2D eigenvalue weighted by Crippen LogP contribution is 2.31. The standard InChI is InChI=1S/C13H10F3NO2/c1-18-12-6-7-17-8-11(12)9-2-4-10(5-3-9)19-13(14,15)16/h2-8H,1H3. The highest BCUT2D eigenvalue weighted by atomic mass is 19.4. The molecule has 1 aromatic heterocycles. The van der Waals surface area contributed by atoms with Gasteiger partial charge < -0.3 is 9.47 Å². The molecule has 0 atom stereocenters. The fourth-order valence-electron chi connectivity index (χ4n) is 1.61. The number of nitrogens with zero attached hydrogens (tertiary/aromatic N) is 1. The summed E-state index contributed by atoms with van der Waals surface area (Å²) < 4.78 is 45.1. The Kier molecular flexibility index (Phi) is 3.59. The predicted octanol–water partition coefficient (Wildman–Crippen LogP) is 3.66. The van der Waals surface area contributed by atoms with Crippen LogP contribution in [0.5, 0.6) is 11.5 Å². The van der Waals surface area contributed by atoms with Crippen LogP contribution in [-0.4, -0.2) is 18.5 Å². The SMILES string of the molecule is COc1ccncc1-c1ccc(OC(F)(F)F)cc1. The summed E-state index contributed by atoms with van der Waals surface area (Å²) in [6, 6.07) is 7.20. The average molecular weight is 269 g/mol. The number of alkyl halides is 3. The first-order valence-corrected chi connectivity index (χ1v) is 5.34. The molecule has 0 bridgehead atoms. The molecule has 0 aliphatic carbocycles. The van der Waals surface area contributed by atoms with Crippen molar-refractivity contribution in [2.45, 2.75) is 6.36 Å². The third-order valence-electron chi connectivity index (χ3n) is 2.40. The fraction of sp³-hybridized carbons (Fsp3) is 0.154. The monoisotopic (exact) mass is 269 g/mol. The normalized spacial score (nSPS) is 11.2. The van der Waals surface area contributed by atoms with Crippen molar-refractivity contribution >= 4 is 0 Å². The quantitative estimate of drug-likeness (QED) is 0.852. The third kappa shape index (κ3) is 3.37. The maximum Gasteiger partial charge on any atom is 0.573 e. The number of hydrogen-bond donors (Lipinski definition) is 0. The molecule has 2 aromatic rings. The van der Waals surface area contributed by atoms with Gasteiger partial charge in [-0.1, -0.05) is 12.1 Å². The topological polar surface area (TPSA) is 31.4 Å². The van der Waals surface area contributed by atoms with Gasteiger partial charge in [0.25, 0.3) is 0 Å². The number of benzene rings is 1. The van der Waals surface area contributed by atoms with Gasteiger partial charge in [-0.15, -0.1) is 13.2 Å². The summed E-state index contributed by atoms with van der Waals surface area (Å²) in [5, 5.41) is 0. The second-order valence-electron chi connectivity index (χ2n) is 3.65. The summed E-state index contributed by atoms with van der Waals surface area (Å²) >= 11 is 0. The lowest BCUT2D eigenvalue weighted by Crippen LogP contribution is -2.16. The molecule has 0 aliphatic heterocycles. The molecule has 100 valence electrons. The number of methoxy groups -OCH3 is 1. The molecule has 0 fully saturated rings. The van der Waals surface area contributed by atoms with Crippen LogP contribution >= 0.6 is 0 Å². The lowest BCUT2D eigenvalue weighted by molar-refractivity contribution is -0.274. The Morgan fingerprint density at radius 1 is 1.05 bits per heavy atom. The zero-order valence-electron chi connectivity index (χ0n) is 9.94. The van der Waals surface area contributed by atoms with Crippen LogP contribution in [0, 0.1) is 0 Å². The van der Waals surface area contributed by atoms with Crippen molar-refractivity contribution in [1.29, 1.82) is 0 Å². The molecule has 0 saturated heterocycles. The molecule has 1 aromatic carbocycles. The van der Waals surface area contributed by atoms with E-state index in [2.05, 4.69) is 9.72 Å². The lowest BCUT2D eigenvalue weighted by Gasteiger charge is -2.10. The summed E-state index contributed by atoms with van der Waals surface area (Å²) in [5.41, 5.74) is 1.39. The van der Waals surface area contributed by atoms with Crippen LogP contribution < -0.4 is 9.47 Å². The largest absolute Gasteiger partial charge is 0.573 e. The van der Waals surface area contributed by atoms with Gasteiger partial charge in [0.15, 0.2) is 0 Å². The summed E-state index contributed by atoms with van der Waals surface area (Å²) in [6.07, 6.45) is -1.53. The van der Waals surface area contributed by atoms with Gasteiger partial charge in [-0.05, 0) is 23.8 Å². The first-order chi connectivity index (χ1) is 8.99. The van der Waals surface area contributed by atoms with E-state index in [1.165, 1.54) is 31.4 Å². The van der Waals surface area contributed by atoms with E-state index >= 15 is 0 Å². The summed E-state index contributed by atoms with van der Waals surface area (Å²) in [6.45, 7) is 0. The Hall–Kier alpha value is -2.24. The Labute approximate surface area is 107 Å². The minimum absolute atomic E-state index is 0.265. The highest BCUT2D eigenvalue weighted by molar-refractivity contribution is 5.69. The molecule has 3 nitrogen and oxygen atoms in total. The van der Waals surface area contributed by atoms with E-state index in [1.807, 2.05) is 0 Å². The Morgan fingerprint density at radius 2 is 1.74 bits per heavy atom. The molecule has 6 heteroatoms. The van der Waals surface area contributed by atoms with Crippen molar-refractivity contribution in [2.24, 2.45) is 0 Å². The van der Waals surface area contributed by atoms with Gasteiger partial charge in [0.05, 0.1) is 7.11 Å². The van der Waals surface area contributed by atoms with E-state index in [-0.39, 0.29) is 5.75 Å². The number of aromatic nitrogens is 1. The molecule has 0 amide bonds. The molecule has 0 radical (unpaired) electrons. The van der Waals surface area contributed by atoms with E-state index in [9.17, 15) is 13.2 Å². The van der Waals surface area contributed by atoms with Crippen molar-refractivity contribution in [3.63, 3.8) is 0 Å². The second-order valence-corrected chi connectivity index (χ2v) is 3.65. The van der Waals surface area contributed by atoms with Crippen molar-refractivity contribution in [1.82, 2.24) is 4.98 Å². The Morgan fingerprint density at radius 3 is 2.32 bits per heavy atom. The van der Waals surface area contributed by atoms with Crippen LogP contribution in [-0.2, 0) is 0 Å². The summed E-state index contributed by atoms with van der Waals surface area (Å²) in [5.74, 6) is 0.332. The van der Waals surface area contributed by atoms with Gasteiger partial charge in [-0.25, -0.2) is 0 Å². The van der Waals surface area contributed by atoms with Crippen molar-refractivity contribution in [2.75, 3.05) is 7.11 Å². The highest BCUT2D eigenvalue weighted by Gasteiger charge is 2.30. The van der Waals surface area contributed by atoms with E-state index < -0.39 is 6.36 Å². The number of hydrogen-bond acceptors (Lipinski definition) is 3. The first-order valence-electron chi connectivity index (χ1n) is 5.34. The van der Waals surface area contributed by atoms with Crippen LogP contribution in [0.2, 0.25) is 0 Å². The van der Waals surface area contributed by atoms with Crippen LogP contribution in [0.15, 0.2) is 42.7 Å². The molecule has 0 spiro atoms. The number of rotatable bonds is 3. The maximum atomic E-state index is 12.0. The molecule has 0 N–H and O–H groups in total. The molecule has 2 rings (SSSR count). The smallest absolute Gasteiger partial charge is 0.496 e. The van der Waals surface area contributed by atoms with Gasteiger partial charge in [-0.2, -0.15) is 0 Å². The lowest BCUT2D eigenvalue weighted by atomic mass is 10.1. The zero-order chi connectivity index (χ0) is 13.9.